The Morgan fingerprint density at radius 1 is 1.16 bits per heavy atom. The summed E-state index contributed by atoms with van der Waals surface area (Å²) in [5.74, 6) is -0.904. The second-order valence-corrected chi connectivity index (χ2v) is 7.17. The molecular weight excluding hydrogens is 298 g/mol. The summed E-state index contributed by atoms with van der Waals surface area (Å²) < 4.78 is 48.7. The summed E-state index contributed by atoms with van der Waals surface area (Å²) in [6.45, 7) is 0. The van der Waals surface area contributed by atoms with Crippen LogP contribution in [-0.4, -0.2) is 35.2 Å². The summed E-state index contributed by atoms with van der Waals surface area (Å²) in [5, 5.41) is 0. The monoisotopic (exact) mass is 309 g/mol. The third-order valence-electron chi connectivity index (χ3n) is 1.68. The number of hydrogen-bond acceptors (Lipinski definition) is 7. The molecule has 0 heterocycles. The molecule has 0 unspecified atom stereocenters. The Hall–Kier alpha value is -1.65. The first kappa shape index (κ1) is 15.4. The molecule has 19 heavy (non-hydrogen) atoms. The molecule has 1 rings (SSSR count). The van der Waals surface area contributed by atoms with Crippen molar-refractivity contribution >= 4 is 26.0 Å². The summed E-state index contributed by atoms with van der Waals surface area (Å²) in [6.07, 6.45) is -0.626. The lowest BCUT2D eigenvalue weighted by molar-refractivity contribution is 0.0503. The van der Waals surface area contributed by atoms with Crippen LogP contribution < -0.4 is 4.89 Å². The lowest BCUT2D eigenvalue weighted by Crippen LogP contribution is -2.28. The number of carbonyl (C=O) groups excluding carboxylic acids is 1. The fourth-order valence-corrected chi connectivity index (χ4v) is 2.02. The van der Waals surface area contributed by atoms with Gasteiger partial charge in [0, 0.05) is 6.26 Å². The molecular formula is C9H11NO7S2. The van der Waals surface area contributed by atoms with Crippen LogP contribution in [0.4, 0.5) is 4.79 Å². The average molecular weight is 309 g/mol. The molecule has 0 fully saturated rings. The molecule has 0 aliphatic rings. The van der Waals surface area contributed by atoms with E-state index >= 15 is 0 Å². The van der Waals surface area contributed by atoms with E-state index in [9.17, 15) is 21.6 Å². The largest absolute Gasteiger partial charge is 0.529 e. The van der Waals surface area contributed by atoms with Crippen molar-refractivity contribution in [3.05, 3.63) is 30.3 Å². The lowest BCUT2D eigenvalue weighted by atomic mass is 10.4. The van der Waals surface area contributed by atoms with Gasteiger partial charge in [-0.25, -0.2) is 21.6 Å². The van der Waals surface area contributed by atoms with Gasteiger partial charge in [-0.15, -0.1) is 0 Å². The fraction of sp³-hybridized carbons (Fsp3) is 0.222. The minimum Gasteiger partial charge on any atom is -0.417 e. The average Bonchev–Trinajstić information content (AvgIpc) is 2.34. The number of benzene rings is 1. The Bertz CT molecular complexity index is 636. The standard InChI is InChI=1S/C9H11NO7S2/c1-18(12,13)7-16-9(11)17-10-19(14,15)8-5-3-2-4-6-8/h2-6,10H,7H2,1H3. The van der Waals surface area contributed by atoms with E-state index in [-0.39, 0.29) is 4.90 Å². The highest BCUT2D eigenvalue weighted by atomic mass is 32.2. The molecule has 0 amide bonds. The zero-order chi connectivity index (χ0) is 14.5. The van der Waals surface area contributed by atoms with Crippen molar-refractivity contribution in [3.63, 3.8) is 0 Å². The first-order chi connectivity index (χ1) is 8.71. The molecule has 10 heteroatoms. The number of sulfone groups is 1. The minimum atomic E-state index is -4.03. The van der Waals surface area contributed by atoms with Crippen LogP contribution in [0.3, 0.4) is 0 Å². The number of sulfonamides is 1. The van der Waals surface area contributed by atoms with E-state index in [1.54, 1.807) is 6.07 Å². The molecule has 1 aromatic carbocycles. The van der Waals surface area contributed by atoms with Gasteiger partial charge in [-0.2, -0.15) is 0 Å². The van der Waals surface area contributed by atoms with Crippen molar-refractivity contribution in [1.82, 2.24) is 4.89 Å². The van der Waals surface area contributed by atoms with Gasteiger partial charge in [0.15, 0.2) is 15.8 Å². The number of rotatable bonds is 5. The van der Waals surface area contributed by atoms with E-state index in [1.165, 1.54) is 29.2 Å². The summed E-state index contributed by atoms with van der Waals surface area (Å²) in [7, 11) is -7.56. The Kier molecular flexibility index (Phi) is 4.86. The van der Waals surface area contributed by atoms with Crippen molar-refractivity contribution in [2.45, 2.75) is 4.90 Å². The maximum atomic E-state index is 11.6. The van der Waals surface area contributed by atoms with Gasteiger partial charge < -0.3 is 9.57 Å². The van der Waals surface area contributed by atoms with Gasteiger partial charge in [0.2, 0.25) is 0 Å². The van der Waals surface area contributed by atoms with Crippen molar-refractivity contribution in [2.75, 3.05) is 12.2 Å². The number of nitrogens with one attached hydrogen (secondary N) is 1. The van der Waals surface area contributed by atoms with Crippen LogP contribution >= 0.6 is 0 Å². The topological polar surface area (TPSA) is 116 Å². The molecule has 0 aromatic heterocycles. The van der Waals surface area contributed by atoms with Crippen LogP contribution in [0.15, 0.2) is 35.2 Å². The highest BCUT2D eigenvalue weighted by Gasteiger charge is 2.17. The Morgan fingerprint density at radius 2 is 1.74 bits per heavy atom. The molecule has 8 nitrogen and oxygen atoms in total. The summed E-state index contributed by atoms with van der Waals surface area (Å²) >= 11 is 0. The van der Waals surface area contributed by atoms with Gasteiger partial charge >= 0.3 is 6.16 Å². The molecule has 0 bridgehead atoms. The Labute approximate surface area is 110 Å². The maximum Gasteiger partial charge on any atom is 0.529 e. The highest BCUT2D eigenvalue weighted by molar-refractivity contribution is 7.90. The first-order valence-corrected chi connectivity index (χ1v) is 8.33. The van der Waals surface area contributed by atoms with Crippen LogP contribution in [0.1, 0.15) is 0 Å². The van der Waals surface area contributed by atoms with E-state index in [1.807, 2.05) is 0 Å². The van der Waals surface area contributed by atoms with Crippen LogP contribution in [-0.2, 0) is 29.4 Å². The quantitative estimate of drug-likeness (QED) is 0.602. The van der Waals surface area contributed by atoms with Crippen molar-refractivity contribution < 1.29 is 31.2 Å². The van der Waals surface area contributed by atoms with Crippen molar-refractivity contribution in [2.24, 2.45) is 0 Å². The van der Waals surface area contributed by atoms with Crippen molar-refractivity contribution in [3.8, 4) is 0 Å². The van der Waals surface area contributed by atoms with E-state index < -0.39 is 32.0 Å². The fourth-order valence-electron chi connectivity index (χ4n) is 0.921. The van der Waals surface area contributed by atoms with E-state index in [2.05, 4.69) is 9.57 Å². The van der Waals surface area contributed by atoms with Crippen LogP contribution in [0, 0.1) is 0 Å². The molecule has 1 N–H and O–H groups in total. The molecule has 1 aromatic rings. The number of ether oxygens (including phenoxy) is 1. The normalized spacial score (nSPS) is 11.8. The predicted octanol–water partition coefficient (Wildman–Crippen LogP) is 0.0352. The van der Waals surface area contributed by atoms with E-state index in [0.717, 1.165) is 6.26 Å². The van der Waals surface area contributed by atoms with Gasteiger partial charge in [0.1, 0.15) is 0 Å². The van der Waals surface area contributed by atoms with E-state index in [0.29, 0.717) is 0 Å². The van der Waals surface area contributed by atoms with Gasteiger partial charge in [-0.3, -0.25) is 0 Å². The second kappa shape index (κ2) is 5.99. The first-order valence-electron chi connectivity index (χ1n) is 4.79. The second-order valence-electron chi connectivity index (χ2n) is 3.44. The van der Waals surface area contributed by atoms with Crippen LogP contribution in [0.5, 0.6) is 0 Å². The zero-order valence-electron chi connectivity index (χ0n) is 9.77. The number of carbonyl (C=O) groups is 1. The lowest BCUT2D eigenvalue weighted by Gasteiger charge is -2.06. The van der Waals surface area contributed by atoms with Gasteiger partial charge in [-0.05, 0) is 17.0 Å². The summed E-state index contributed by atoms with van der Waals surface area (Å²) in [4.78, 5) is 16.4. The van der Waals surface area contributed by atoms with Crippen LogP contribution in [0.25, 0.3) is 0 Å². The predicted molar refractivity (Wildman–Crippen MR) is 64.0 cm³/mol. The SMILES string of the molecule is CS(=O)(=O)COC(=O)ONS(=O)(=O)c1ccccc1. The molecule has 0 aliphatic carbocycles. The molecule has 0 saturated carbocycles. The van der Waals surface area contributed by atoms with Gasteiger partial charge in [0.05, 0.1) is 4.90 Å². The van der Waals surface area contributed by atoms with Gasteiger partial charge in [-0.1, -0.05) is 18.2 Å². The molecule has 106 valence electrons. The Balaban J connectivity index is 2.55. The van der Waals surface area contributed by atoms with E-state index in [4.69, 9.17) is 0 Å². The number of hydrogen-bond donors (Lipinski definition) is 1. The molecule has 0 saturated heterocycles. The molecule has 0 radical (unpaired) electrons. The highest BCUT2D eigenvalue weighted by Crippen LogP contribution is 2.06. The third kappa shape index (κ3) is 5.68. The molecule has 0 atom stereocenters. The maximum absolute atomic E-state index is 11.6. The third-order valence-corrected chi connectivity index (χ3v) is 3.42. The van der Waals surface area contributed by atoms with Crippen molar-refractivity contribution in [1.29, 1.82) is 0 Å². The molecule has 0 spiro atoms. The smallest absolute Gasteiger partial charge is 0.417 e. The zero-order valence-corrected chi connectivity index (χ0v) is 11.4. The van der Waals surface area contributed by atoms with Crippen LogP contribution in [0.2, 0.25) is 0 Å². The molecule has 0 aliphatic heterocycles. The summed E-state index contributed by atoms with van der Waals surface area (Å²) in [6, 6.07) is 7.15. The Morgan fingerprint density at radius 3 is 2.26 bits per heavy atom. The summed E-state index contributed by atoms with van der Waals surface area (Å²) in [5.41, 5.74) is 0. The van der Waals surface area contributed by atoms with Gasteiger partial charge in [0.25, 0.3) is 10.0 Å². The minimum absolute atomic E-state index is 0.120.